The summed E-state index contributed by atoms with van der Waals surface area (Å²) in [7, 11) is 0. The van der Waals surface area contributed by atoms with E-state index in [0.29, 0.717) is 16.7 Å². The fourth-order valence-corrected chi connectivity index (χ4v) is 7.54. The second-order valence-corrected chi connectivity index (χ2v) is 10.0. The number of fused-ring (bicyclic) bond motifs is 2. The molecule has 2 nitrogen and oxygen atoms in total. The average Bonchev–Trinajstić information content (AvgIpc) is 2.73. The van der Waals surface area contributed by atoms with Crippen molar-refractivity contribution >= 4 is 5.91 Å². The summed E-state index contributed by atoms with van der Waals surface area (Å²) in [4.78, 5) is 15.7. The van der Waals surface area contributed by atoms with E-state index in [4.69, 9.17) is 0 Å². The molecule has 116 valence electrons. The van der Waals surface area contributed by atoms with E-state index in [1.54, 1.807) is 0 Å². The lowest BCUT2D eigenvalue weighted by Gasteiger charge is -2.49. The first-order chi connectivity index (χ1) is 9.93. The van der Waals surface area contributed by atoms with Crippen LogP contribution in [0.3, 0.4) is 0 Å². The maximum absolute atomic E-state index is 13.4. The fourth-order valence-electron chi connectivity index (χ4n) is 7.54. The zero-order valence-electron chi connectivity index (χ0n) is 13.7. The molecule has 0 aromatic rings. The quantitative estimate of drug-likeness (QED) is 0.717. The van der Waals surface area contributed by atoms with E-state index in [1.165, 1.54) is 51.4 Å². The largest absolute Gasteiger partial charge is 0.342 e. The molecule has 21 heavy (non-hydrogen) atoms. The molecule has 5 atom stereocenters. The molecular formula is C19H29NO. The van der Waals surface area contributed by atoms with Gasteiger partial charge in [0.05, 0.1) is 5.41 Å². The lowest BCUT2D eigenvalue weighted by atomic mass is 9.55. The topological polar surface area (TPSA) is 20.3 Å². The number of carbonyl (C=O) groups is 1. The van der Waals surface area contributed by atoms with Gasteiger partial charge < -0.3 is 4.90 Å². The predicted molar refractivity (Wildman–Crippen MR) is 82.6 cm³/mol. The molecule has 1 amide bonds. The molecular weight excluding hydrogens is 258 g/mol. The third-order valence-electron chi connectivity index (χ3n) is 8.11. The van der Waals surface area contributed by atoms with Crippen LogP contribution in [0.25, 0.3) is 0 Å². The van der Waals surface area contributed by atoms with Crippen molar-refractivity contribution < 1.29 is 4.79 Å². The molecule has 2 heteroatoms. The molecule has 1 spiro atoms. The summed E-state index contributed by atoms with van der Waals surface area (Å²) >= 11 is 0. The van der Waals surface area contributed by atoms with Gasteiger partial charge in [0, 0.05) is 13.1 Å². The summed E-state index contributed by atoms with van der Waals surface area (Å²) in [5, 5.41) is 0. The number of hydrogen-bond donors (Lipinski definition) is 0. The first-order valence-corrected chi connectivity index (χ1v) is 9.22. The van der Waals surface area contributed by atoms with E-state index < -0.39 is 0 Å². The van der Waals surface area contributed by atoms with Crippen LogP contribution in [-0.2, 0) is 4.79 Å². The van der Waals surface area contributed by atoms with Gasteiger partial charge in [-0.05, 0) is 80.0 Å². The molecule has 5 fully saturated rings. The molecule has 4 saturated carbocycles. The summed E-state index contributed by atoms with van der Waals surface area (Å²) in [5.41, 5.74) is 1.05. The Morgan fingerprint density at radius 3 is 2.76 bits per heavy atom. The summed E-state index contributed by atoms with van der Waals surface area (Å²) in [6, 6.07) is 0. The highest BCUT2D eigenvalue weighted by Gasteiger charge is 2.72. The summed E-state index contributed by atoms with van der Waals surface area (Å²) in [6.45, 7) is 6.69. The average molecular weight is 287 g/mol. The normalized spacial score (nSPS) is 52.7. The zero-order chi connectivity index (χ0) is 14.5. The third kappa shape index (κ3) is 1.52. The minimum atomic E-state index is 0.0756. The van der Waals surface area contributed by atoms with Crippen LogP contribution in [-0.4, -0.2) is 23.9 Å². The van der Waals surface area contributed by atoms with Gasteiger partial charge >= 0.3 is 0 Å². The standard InChI is InChI=1S/C19H29NO/c1-17(2)4-3-5-20(12-17)16(21)18-8-13-6-14-7-15(10-18)19(14,9-13)11-18/h13-15H,3-12H2,1-2H3. The van der Waals surface area contributed by atoms with Gasteiger partial charge in [0.25, 0.3) is 0 Å². The predicted octanol–water partition coefficient (Wildman–Crippen LogP) is 3.85. The highest BCUT2D eigenvalue weighted by atomic mass is 16.2. The minimum Gasteiger partial charge on any atom is -0.342 e. The molecule has 5 aliphatic rings. The van der Waals surface area contributed by atoms with Gasteiger partial charge in [-0.15, -0.1) is 0 Å². The van der Waals surface area contributed by atoms with Crippen molar-refractivity contribution in [3.63, 3.8) is 0 Å². The van der Waals surface area contributed by atoms with Crippen molar-refractivity contribution in [2.45, 2.75) is 65.2 Å². The molecule has 0 radical (unpaired) electrons. The van der Waals surface area contributed by atoms with Gasteiger partial charge in [-0.1, -0.05) is 13.8 Å². The molecule has 1 aliphatic heterocycles. The van der Waals surface area contributed by atoms with Gasteiger partial charge in [-0.2, -0.15) is 0 Å². The maximum atomic E-state index is 13.4. The van der Waals surface area contributed by atoms with Crippen LogP contribution >= 0.6 is 0 Å². The van der Waals surface area contributed by atoms with Crippen molar-refractivity contribution in [1.29, 1.82) is 0 Å². The van der Waals surface area contributed by atoms with Gasteiger partial charge in [-0.25, -0.2) is 0 Å². The van der Waals surface area contributed by atoms with Gasteiger partial charge in [0.1, 0.15) is 0 Å². The van der Waals surface area contributed by atoms with Crippen molar-refractivity contribution in [2.75, 3.05) is 13.1 Å². The third-order valence-corrected chi connectivity index (χ3v) is 8.11. The van der Waals surface area contributed by atoms with Crippen molar-refractivity contribution in [1.82, 2.24) is 4.90 Å². The first-order valence-electron chi connectivity index (χ1n) is 9.22. The van der Waals surface area contributed by atoms with Crippen molar-refractivity contribution in [3.8, 4) is 0 Å². The highest BCUT2D eigenvalue weighted by molar-refractivity contribution is 5.84. The lowest BCUT2D eigenvalue weighted by Crippen LogP contribution is -2.50. The highest BCUT2D eigenvalue weighted by Crippen LogP contribution is 2.79. The number of piperidine rings is 1. The number of nitrogens with zero attached hydrogens (tertiary/aromatic N) is 1. The number of rotatable bonds is 1. The van der Waals surface area contributed by atoms with E-state index in [-0.39, 0.29) is 5.41 Å². The number of carbonyl (C=O) groups excluding carboxylic acids is 1. The molecule has 3 bridgehead atoms. The van der Waals surface area contributed by atoms with Gasteiger partial charge in [-0.3, -0.25) is 4.79 Å². The Hall–Kier alpha value is -0.530. The Bertz CT molecular complexity index is 508. The molecule has 5 unspecified atom stereocenters. The number of likely N-dealkylation sites (tertiary alicyclic amines) is 1. The number of hydrogen-bond acceptors (Lipinski definition) is 1. The van der Waals surface area contributed by atoms with Gasteiger partial charge in [0.15, 0.2) is 0 Å². The molecule has 0 aromatic carbocycles. The zero-order valence-corrected chi connectivity index (χ0v) is 13.7. The Labute approximate surface area is 128 Å². The second kappa shape index (κ2) is 3.68. The van der Waals surface area contributed by atoms with Crippen LogP contribution < -0.4 is 0 Å². The van der Waals surface area contributed by atoms with E-state index in [2.05, 4.69) is 18.7 Å². The Balaban J connectivity index is 1.44. The monoisotopic (exact) mass is 287 g/mol. The molecule has 4 aliphatic carbocycles. The maximum Gasteiger partial charge on any atom is 0.228 e. The smallest absolute Gasteiger partial charge is 0.228 e. The summed E-state index contributed by atoms with van der Waals surface area (Å²) in [5.74, 6) is 3.37. The Morgan fingerprint density at radius 1 is 1.10 bits per heavy atom. The van der Waals surface area contributed by atoms with Crippen LogP contribution in [0.1, 0.15) is 65.2 Å². The van der Waals surface area contributed by atoms with Crippen LogP contribution in [0.4, 0.5) is 0 Å². The summed E-state index contributed by atoms with van der Waals surface area (Å²) in [6.07, 6.45) is 10.6. The molecule has 0 N–H and O–H groups in total. The molecule has 5 rings (SSSR count). The van der Waals surface area contributed by atoms with Crippen LogP contribution in [0.5, 0.6) is 0 Å². The van der Waals surface area contributed by atoms with E-state index in [1.807, 2.05) is 0 Å². The molecule has 0 aromatic heterocycles. The van der Waals surface area contributed by atoms with Gasteiger partial charge in [0.2, 0.25) is 5.91 Å². The Morgan fingerprint density at radius 2 is 1.95 bits per heavy atom. The SMILES string of the molecule is CC1(C)CCCN(C(=O)C23CC4CC5CC(C2)C5(C4)C3)C1. The van der Waals surface area contributed by atoms with Crippen molar-refractivity contribution in [3.05, 3.63) is 0 Å². The molecule has 1 heterocycles. The van der Waals surface area contributed by atoms with Crippen LogP contribution in [0.2, 0.25) is 0 Å². The first kappa shape index (κ1) is 13.0. The molecule has 1 saturated heterocycles. The summed E-state index contributed by atoms with van der Waals surface area (Å²) < 4.78 is 0. The van der Waals surface area contributed by atoms with Crippen LogP contribution in [0.15, 0.2) is 0 Å². The number of amides is 1. The lowest BCUT2D eigenvalue weighted by molar-refractivity contribution is -0.147. The van der Waals surface area contributed by atoms with Crippen LogP contribution in [0, 0.1) is 34.0 Å². The van der Waals surface area contributed by atoms with E-state index in [0.717, 1.165) is 30.8 Å². The minimum absolute atomic E-state index is 0.0756. The van der Waals surface area contributed by atoms with Crippen molar-refractivity contribution in [2.24, 2.45) is 34.0 Å². The fraction of sp³-hybridized carbons (Fsp3) is 0.947. The van der Waals surface area contributed by atoms with E-state index in [9.17, 15) is 4.79 Å². The second-order valence-electron chi connectivity index (χ2n) is 10.0. The Kier molecular flexibility index (Phi) is 2.27. The van der Waals surface area contributed by atoms with E-state index >= 15 is 0 Å².